The van der Waals surface area contributed by atoms with Gasteiger partial charge in [0.15, 0.2) is 0 Å². The van der Waals surface area contributed by atoms with Crippen LogP contribution >= 0.6 is 0 Å². The number of aldehydes is 1. The molecule has 0 radical (unpaired) electrons. The van der Waals surface area contributed by atoms with E-state index in [2.05, 4.69) is 6.07 Å². The largest absolute Gasteiger partial charge is 0.497 e. The Kier molecular flexibility index (Phi) is 5.52. The fourth-order valence-corrected chi connectivity index (χ4v) is 2.47. The van der Waals surface area contributed by atoms with Crippen LogP contribution in [-0.4, -0.2) is 27.1 Å². The van der Waals surface area contributed by atoms with Crippen LogP contribution in [0.2, 0.25) is 0 Å². The Morgan fingerprint density at radius 1 is 1.10 bits per heavy atom. The molecule has 2 rings (SSSR count). The number of methoxy groups -OCH3 is 2. The van der Waals surface area contributed by atoms with Crippen LogP contribution in [0.15, 0.2) is 48.5 Å². The lowest BCUT2D eigenvalue weighted by atomic mass is 9.90. The lowest BCUT2D eigenvalue weighted by Crippen LogP contribution is -2.11. The summed E-state index contributed by atoms with van der Waals surface area (Å²) in [6, 6.07) is 15.7. The lowest BCUT2D eigenvalue weighted by molar-refractivity contribution is 0.112. The molecule has 0 saturated carbocycles. The number of rotatable bonds is 7. The molecule has 110 valence electrons. The maximum absolute atomic E-state index is 11.2. The molecule has 2 aromatic rings. The van der Waals surface area contributed by atoms with Crippen molar-refractivity contribution >= 4 is 6.29 Å². The molecule has 0 unspecified atom stereocenters. The molecule has 3 nitrogen and oxygen atoms in total. The van der Waals surface area contributed by atoms with Crippen molar-refractivity contribution in [2.75, 3.05) is 20.8 Å². The van der Waals surface area contributed by atoms with E-state index in [9.17, 15) is 4.79 Å². The summed E-state index contributed by atoms with van der Waals surface area (Å²) in [6.07, 6.45) is 1.67. The van der Waals surface area contributed by atoms with Crippen LogP contribution in [-0.2, 0) is 11.2 Å². The predicted octanol–water partition coefficient (Wildman–Crippen LogP) is 3.48. The molecule has 0 aliphatic heterocycles. The molecular formula is C18H20O3. The molecule has 0 aliphatic rings. The highest BCUT2D eigenvalue weighted by Gasteiger charge is 2.15. The van der Waals surface area contributed by atoms with Gasteiger partial charge in [-0.3, -0.25) is 4.79 Å². The summed E-state index contributed by atoms with van der Waals surface area (Å²) in [5, 5.41) is 0. The molecule has 0 N–H and O–H groups in total. The van der Waals surface area contributed by atoms with Crippen molar-refractivity contribution in [2.45, 2.75) is 12.3 Å². The molecule has 3 heteroatoms. The number of hydrogen-bond donors (Lipinski definition) is 0. The third kappa shape index (κ3) is 3.92. The first kappa shape index (κ1) is 15.3. The summed E-state index contributed by atoms with van der Waals surface area (Å²) in [5.74, 6) is 1.02. The molecule has 1 atom stereocenters. The monoisotopic (exact) mass is 284 g/mol. The van der Waals surface area contributed by atoms with Crippen LogP contribution < -0.4 is 4.74 Å². The van der Waals surface area contributed by atoms with Crippen molar-refractivity contribution in [3.05, 3.63) is 65.2 Å². The highest BCUT2D eigenvalue weighted by molar-refractivity contribution is 5.77. The van der Waals surface area contributed by atoms with Crippen LogP contribution in [0.25, 0.3) is 0 Å². The minimum atomic E-state index is 0.186. The first-order chi connectivity index (χ1) is 10.3. The quantitative estimate of drug-likeness (QED) is 0.730. The number of carbonyl (C=O) groups excluding carboxylic acids is 1. The van der Waals surface area contributed by atoms with E-state index < -0.39 is 0 Å². The normalized spacial score (nSPS) is 11.9. The molecule has 0 aliphatic carbocycles. The summed E-state index contributed by atoms with van der Waals surface area (Å²) >= 11 is 0. The van der Waals surface area contributed by atoms with Crippen LogP contribution in [0, 0.1) is 0 Å². The molecule has 0 fully saturated rings. The van der Waals surface area contributed by atoms with Crippen molar-refractivity contribution in [2.24, 2.45) is 0 Å². The highest BCUT2D eigenvalue weighted by Crippen LogP contribution is 2.25. The number of carbonyl (C=O) groups is 1. The van der Waals surface area contributed by atoms with Crippen LogP contribution in [0.3, 0.4) is 0 Å². The van der Waals surface area contributed by atoms with Gasteiger partial charge in [-0.05, 0) is 29.7 Å². The molecule has 0 amide bonds. The van der Waals surface area contributed by atoms with Gasteiger partial charge in [-0.25, -0.2) is 0 Å². The van der Waals surface area contributed by atoms with E-state index >= 15 is 0 Å². The van der Waals surface area contributed by atoms with E-state index in [1.165, 1.54) is 0 Å². The standard InChI is InChI=1S/C18H20O3/c1-20-13-17(15-8-5-9-18(11-15)21-2)10-14-6-3-4-7-16(14)12-19/h3-9,11-12,17H,10,13H2,1-2H3/t17-/m0/s1. The topological polar surface area (TPSA) is 35.5 Å². The molecule has 2 aromatic carbocycles. The average molecular weight is 284 g/mol. The summed E-state index contributed by atoms with van der Waals surface area (Å²) < 4.78 is 10.6. The summed E-state index contributed by atoms with van der Waals surface area (Å²) in [5.41, 5.74) is 2.93. The Balaban J connectivity index is 2.28. The van der Waals surface area contributed by atoms with E-state index in [1.807, 2.05) is 42.5 Å². The maximum Gasteiger partial charge on any atom is 0.150 e. The molecule has 0 spiro atoms. The van der Waals surface area contributed by atoms with Gasteiger partial charge >= 0.3 is 0 Å². The van der Waals surface area contributed by atoms with Gasteiger partial charge in [-0.15, -0.1) is 0 Å². The van der Waals surface area contributed by atoms with Crippen molar-refractivity contribution in [1.82, 2.24) is 0 Å². The average Bonchev–Trinajstić information content (AvgIpc) is 2.55. The van der Waals surface area contributed by atoms with Gasteiger partial charge in [0.1, 0.15) is 12.0 Å². The fourth-order valence-electron chi connectivity index (χ4n) is 2.47. The second kappa shape index (κ2) is 7.60. The second-order valence-corrected chi connectivity index (χ2v) is 4.95. The molecular weight excluding hydrogens is 264 g/mol. The maximum atomic E-state index is 11.2. The Morgan fingerprint density at radius 2 is 1.90 bits per heavy atom. The Bertz CT molecular complexity index is 593. The smallest absolute Gasteiger partial charge is 0.150 e. The minimum Gasteiger partial charge on any atom is -0.497 e. The van der Waals surface area contributed by atoms with Crippen LogP contribution in [0.4, 0.5) is 0 Å². The fraction of sp³-hybridized carbons (Fsp3) is 0.278. The Morgan fingerprint density at radius 3 is 2.62 bits per heavy atom. The zero-order chi connectivity index (χ0) is 15.1. The van der Waals surface area contributed by atoms with Crippen LogP contribution in [0.1, 0.15) is 27.4 Å². The van der Waals surface area contributed by atoms with Gasteiger partial charge < -0.3 is 9.47 Å². The highest BCUT2D eigenvalue weighted by atomic mass is 16.5. The molecule has 0 saturated heterocycles. The Labute approximate surface area is 125 Å². The SMILES string of the molecule is COC[C@H](Cc1ccccc1C=O)c1cccc(OC)c1. The van der Waals surface area contributed by atoms with E-state index in [-0.39, 0.29) is 5.92 Å². The molecule has 0 bridgehead atoms. The molecule has 0 heterocycles. The number of hydrogen-bond acceptors (Lipinski definition) is 3. The lowest BCUT2D eigenvalue weighted by Gasteiger charge is -2.18. The zero-order valence-electron chi connectivity index (χ0n) is 12.4. The van der Waals surface area contributed by atoms with Crippen molar-refractivity contribution in [3.63, 3.8) is 0 Å². The van der Waals surface area contributed by atoms with Gasteiger partial charge in [-0.1, -0.05) is 36.4 Å². The Hall–Kier alpha value is -2.13. The van der Waals surface area contributed by atoms with Crippen molar-refractivity contribution in [1.29, 1.82) is 0 Å². The van der Waals surface area contributed by atoms with Crippen molar-refractivity contribution in [3.8, 4) is 5.75 Å². The second-order valence-electron chi connectivity index (χ2n) is 4.95. The van der Waals surface area contributed by atoms with E-state index in [0.29, 0.717) is 6.61 Å². The van der Waals surface area contributed by atoms with Crippen LogP contribution in [0.5, 0.6) is 5.75 Å². The summed E-state index contributed by atoms with van der Waals surface area (Å²) in [4.78, 5) is 11.2. The first-order valence-corrected chi connectivity index (χ1v) is 6.94. The van der Waals surface area contributed by atoms with Gasteiger partial charge in [0.25, 0.3) is 0 Å². The van der Waals surface area contributed by atoms with Gasteiger partial charge in [0.05, 0.1) is 13.7 Å². The molecule has 21 heavy (non-hydrogen) atoms. The van der Waals surface area contributed by atoms with Gasteiger partial charge in [0.2, 0.25) is 0 Å². The van der Waals surface area contributed by atoms with E-state index in [0.717, 1.165) is 35.1 Å². The zero-order valence-corrected chi connectivity index (χ0v) is 12.4. The third-order valence-electron chi connectivity index (χ3n) is 3.58. The number of ether oxygens (including phenoxy) is 2. The van der Waals surface area contributed by atoms with E-state index in [1.54, 1.807) is 14.2 Å². The first-order valence-electron chi connectivity index (χ1n) is 6.94. The molecule has 0 aromatic heterocycles. The number of benzene rings is 2. The minimum absolute atomic E-state index is 0.186. The predicted molar refractivity (Wildman–Crippen MR) is 83.1 cm³/mol. The van der Waals surface area contributed by atoms with Gasteiger partial charge in [-0.2, -0.15) is 0 Å². The third-order valence-corrected chi connectivity index (χ3v) is 3.58. The summed E-state index contributed by atoms with van der Waals surface area (Å²) in [7, 11) is 3.35. The van der Waals surface area contributed by atoms with E-state index in [4.69, 9.17) is 9.47 Å². The summed E-state index contributed by atoms with van der Waals surface area (Å²) in [6.45, 7) is 0.598. The van der Waals surface area contributed by atoms with Gasteiger partial charge in [0, 0.05) is 18.6 Å². The van der Waals surface area contributed by atoms with Crippen molar-refractivity contribution < 1.29 is 14.3 Å².